The van der Waals surface area contributed by atoms with Crippen LogP contribution in [-0.2, 0) is 5.54 Å². The lowest BCUT2D eigenvalue weighted by atomic mass is 9.89. The molecule has 0 spiro atoms. The molecule has 0 amide bonds. The molecule has 2 fully saturated rings. The first-order chi connectivity index (χ1) is 8.71. The second-order valence-corrected chi connectivity index (χ2v) is 5.55. The fraction of sp³-hybridized carbons (Fsp3) is 0.600. The molecule has 0 radical (unpaired) electrons. The highest BCUT2D eigenvalue weighted by atomic mass is 16.5. The summed E-state index contributed by atoms with van der Waals surface area (Å²) in [6.45, 7) is 0. The van der Waals surface area contributed by atoms with E-state index in [9.17, 15) is 0 Å². The lowest BCUT2D eigenvalue weighted by molar-refractivity contribution is 0.280. The summed E-state index contributed by atoms with van der Waals surface area (Å²) in [7, 11) is 1.68. The van der Waals surface area contributed by atoms with Gasteiger partial charge in [-0.2, -0.15) is 0 Å². The van der Waals surface area contributed by atoms with Gasteiger partial charge in [0.25, 0.3) is 0 Å². The van der Waals surface area contributed by atoms with Crippen LogP contribution in [0.3, 0.4) is 0 Å². The molecule has 2 saturated carbocycles. The summed E-state index contributed by atoms with van der Waals surface area (Å²) in [6.07, 6.45) is 7.28. The minimum atomic E-state index is -0.159. The number of hydrogen-bond donors (Lipinski definition) is 1. The number of methoxy groups -OCH3 is 1. The van der Waals surface area contributed by atoms with Crippen LogP contribution in [0, 0.1) is 0 Å². The Kier molecular flexibility index (Phi) is 2.94. The first-order valence-electron chi connectivity index (χ1n) is 6.85. The van der Waals surface area contributed by atoms with Crippen LogP contribution in [0.2, 0.25) is 0 Å². The molecule has 2 aliphatic rings. The van der Waals surface area contributed by atoms with E-state index in [1.54, 1.807) is 7.11 Å². The zero-order valence-electron chi connectivity index (χ0n) is 10.9. The molecule has 3 heteroatoms. The predicted molar refractivity (Wildman–Crippen MR) is 71.0 cm³/mol. The average Bonchev–Trinajstić information content (AvgIpc) is 3.08. The van der Waals surface area contributed by atoms with Gasteiger partial charge in [-0.15, -0.1) is 0 Å². The zero-order chi connectivity index (χ0) is 12.6. The highest BCUT2D eigenvalue weighted by molar-refractivity contribution is 5.45. The van der Waals surface area contributed by atoms with E-state index in [1.165, 1.54) is 18.4 Å². The summed E-state index contributed by atoms with van der Waals surface area (Å²) in [5.41, 5.74) is 7.52. The maximum absolute atomic E-state index is 6.49. The Balaban J connectivity index is 1.90. The average molecular weight is 247 g/mol. The lowest BCUT2D eigenvalue weighted by Crippen LogP contribution is -2.33. The van der Waals surface area contributed by atoms with Gasteiger partial charge in [-0.25, -0.2) is 0 Å². The third-order valence-corrected chi connectivity index (χ3v) is 4.05. The van der Waals surface area contributed by atoms with Crippen molar-refractivity contribution in [1.29, 1.82) is 0 Å². The second kappa shape index (κ2) is 4.47. The van der Waals surface area contributed by atoms with Crippen LogP contribution in [-0.4, -0.2) is 13.2 Å². The van der Waals surface area contributed by atoms with Crippen molar-refractivity contribution in [3.8, 4) is 11.5 Å². The van der Waals surface area contributed by atoms with Gasteiger partial charge >= 0.3 is 0 Å². The van der Waals surface area contributed by atoms with Crippen LogP contribution in [0.5, 0.6) is 11.5 Å². The van der Waals surface area contributed by atoms with Crippen LogP contribution >= 0.6 is 0 Å². The highest BCUT2D eigenvalue weighted by Gasteiger charge is 2.32. The van der Waals surface area contributed by atoms with Gasteiger partial charge in [0.2, 0.25) is 0 Å². The van der Waals surface area contributed by atoms with Crippen molar-refractivity contribution in [2.75, 3.05) is 7.11 Å². The molecule has 3 rings (SSSR count). The minimum absolute atomic E-state index is 0.159. The van der Waals surface area contributed by atoms with Gasteiger partial charge in [0.15, 0.2) is 11.5 Å². The number of rotatable bonds is 4. The Labute approximate surface area is 108 Å². The molecule has 0 heterocycles. The monoisotopic (exact) mass is 247 g/mol. The third-order valence-electron chi connectivity index (χ3n) is 4.05. The fourth-order valence-electron chi connectivity index (χ4n) is 2.74. The van der Waals surface area contributed by atoms with Crippen LogP contribution in [0.4, 0.5) is 0 Å². The molecule has 98 valence electrons. The van der Waals surface area contributed by atoms with Crippen molar-refractivity contribution in [2.24, 2.45) is 5.73 Å². The smallest absolute Gasteiger partial charge is 0.161 e. The van der Waals surface area contributed by atoms with Crippen LogP contribution < -0.4 is 15.2 Å². The molecule has 3 nitrogen and oxygen atoms in total. The first kappa shape index (κ1) is 11.8. The molecule has 2 N–H and O–H groups in total. The van der Waals surface area contributed by atoms with Crippen molar-refractivity contribution in [3.05, 3.63) is 23.8 Å². The maximum Gasteiger partial charge on any atom is 0.161 e. The van der Waals surface area contributed by atoms with Gasteiger partial charge < -0.3 is 15.2 Å². The molecular formula is C15H21NO2. The molecule has 0 bridgehead atoms. The largest absolute Gasteiger partial charge is 0.493 e. The Morgan fingerprint density at radius 2 is 1.89 bits per heavy atom. The SMILES string of the molecule is COc1ccc(C2(N)CCCC2)cc1OC1CC1. The maximum atomic E-state index is 6.49. The predicted octanol–water partition coefficient (Wildman–Crippen LogP) is 2.96. The van der Waals surface area contributed by atoms with Crippen molar-refractivity contribution in [1.82, 2.24) is 0 Å². The van der Waals surface area contributed by atoms with E-state index in [0.717, 1.165) is 37.2 Å². The van der Waals surface area contributed by atoms with Gasteiger partial charge in [0, 0.05) is 5.54 Å². The Morgan fingerprint density at radius 1 is 1.17 bits per heavy atom. The van der Waals surface area contributed by atoms with E-state index >= 15 is 0 Å². The van der Waals surface area contributed by atoms with Crippen molar-refractivity contribution in [2.45, 2.75) is 50.2 Å². The van der Waals surface area contributed by atoms with Crippen LogP contribution in [0.1, 0.15) is 44.1 Å². The Morgan fingerprint density at radius 3 is 2.50 bits per heavy atom. The Hall–Kier alpha value is -1.22. The molecule has 1 aromatic carbocycles. The van der Waals surface area contributed by atoms with Crippen LogP contribution in [0.15, 0.2) is 18.2 Å². The van der Waals surface area contributed by atoms with E-state index in [0.29, 0.717) is 6.10 Å². The molecular weight excluding hydrogens is 226 g/mol. The molecule has 0 aliphatic heterocycles. The summed E-state index contributed by atoms with van der Waals surface area (Å²) < 4.78 is 11.3. The molecule has 0 saturated heterocycles. The van der Waals surface area contributed by atoms with Crippen molar-refractivity contribution >= 4 is 0 Å². The molecule has 18 heavy (non-hydrogen) atoms. The molecule has 2 aliphatic carbocycles. The summed E-state index contributed by atoms with van der Waals surface area (Å²) in [5.74, 6) is 1.67. The summed E-state index contributed by atoms with van der Waals surface area (Å²) in [5, 5.41) is 0. The lowest BCUT2D eigenvalue weighted by Gasteiger charge is -2.25. The number of benzene rings is 1. The summed E-state index contributed by atoms with van der Waals surface area (Å²) in [6, 6.07) is 6.16. The molecule has 0 atom stereocenters. The normalized spacial score (nSPS) is 21.9. The minimum Gasteiger partial charge on any atom is -0.493 e. The second-order valence-electron chi connectivity index (χ2n) is 5.55. The van der Waals surface area contributed by atoms with Crippen molar-refractivity contribution < 1.29 is 9.47 Å². The standard InChI is InChI=1S/C15H21NO2/c1-17-13-7-4-11(15(16)8-2-3-9-15)10-14(13)18-12-5-6-12/h4,7,10,12H,2-3,5-6,8-9,16H2,1H3. The highest BCUT2D eigenvalue weighted by Crippen LogP contribution is 2.41. The number of ether oxygens (including phenoxy) is 2. The van der Waals surface area contributed by atoms with Gasteiger partial charge in [0.05, 0.1) is 13.2 Å². The first-order valence-corrected chi connectivity index (χ1v) is 6.85. The fourth-order valence-corrected chi connectivity index (χ4v) is 2.74. The third kappa shape index (κ3) is 2.19. The van der Waals surface area contributed by atoms with Gasteiger partial charge in [-0.05, 0) is 43.4 Å². The van der Waals surface area contributed by atoms with E-state index in [2.05, 4.69) is 12.1 Å². The quantitative estimate of drug-likeness (QED) is 0.889. The summed E-state index contributed by atoms with van der Waals surface area (Å²) in [4.78, 5) is 0. The Bertz CT molecular complexity index is 434. The van der Waals surface area contributed by atoms with E-state index in [4.69, 9.17) is 15.2 Å². The van der Waals surface area contributed by atoms with E-state index < -0.39 is 0 Å². The zero-order valence-corrected chi connectivity index (χ0v) is 10.9. The molecule has 1 aromatic rings. The van der Waals surface area contributed by atoms with E-state index in [1.807, 2.05) is 6.07 Å². The molecule has 0 unspecified atom stereocenters. The number of nitrogens with two attached hydrogens (primary N) is 1. The van der Waals surface area contributed by atoms with Gasteiger partial charge in [-0.1, -0.05) is 18.9 Å². The topological polar surface area (TPSA) is 44.5 Å². The van der Waals surface area contributed by atoms with Gasteiger partial charge in [-0.3, -0.25) is 0 Å². The van der Waals surface area contributed by atoms with Crippen LogP contribution in [0.25, 0.3) is 0 Å². The molecule has 0 aromatic heterocycles. The van der Waals surface area contributed by atoms with E-state index in [-0.39, 0.29) is 5.54 Å². The van der Waals surface area contributed by atoms with Crippen molar-refractivity contribution in [3.63, 3.8) is 0 Å². The number of hydrogen-bond acceptors (Lipinski definition) is 3. The van der Waals surface area contributed by atoms with Gasteiger partial charge in [0.1, 0.15) is 0 Å². The summed E-state index contributed by atoms with van der Waals surface area (Å²) >= 11 is 0.